The van der Waals surface area contributed by atoms with E-state index < -0.39 is 0 Å². The Bertz CT molecular complexity index is 558. The van der Waals surface area contributed by atoms with E-state index in [0.717, 1.165) is 26.1 Å². The molecule has 134 valence electrons. The van der Waals surface area contributed by atoms with Crippen LogP contribution in [0.5, 0.6) is 5.75 Å². The first-order valence-corrected chi connectivity index (χ1v) is 8.56. The highest BCUT2D eigenvalue weighted by molar-refractivity contribution is 6.31. The molecule has 1 fully saturated rings. The first-order chi connectivity index (χ1) is 11.5. The highest BCUT2D eigenvalue weighted by Crippen LogP contribution is 2.32. The van der Waals surface area contributed by atoms with Crippen molar-refractivity contribution < 1.29 is 19.0 Å². The Labute approximate surface area is 148 Å². The maximum absolute atomic E-state index is 13.1. The van der Waals surface area contributed by atoms with Crippen LogP contribution in [0.2, 0.25) is 5.02 Å². The van der Waals surface area contributed by atoms with E-state index in [4.69, 9.17) is 25.8 Å². The van der Waals surface area contributed by atoms with Crippen LogP contribution in [0.1, 0.15) is 30.1 Å². The number of methoxy groups -OCH3 is 2. The first-order valence-electron chi connectivity index (χ1n) is 8.18. The second-order valence-electron chi connectivity index (χ2n) is 6.49. The molecule has 0 radical (unpaired) electrons. The van der Waals surface area contributed by atoms with Crippen molar-refractivity contribution in [2.75, 3.05) is 47.1 Å². The molecule has 1 aromatic carbocycles. The summed E-state index contributed by atoms with van der Waals surface area (Å²) in [5.41, 5.74) is 0.532. The van der Waals surface area contributed by atoms with Gasteiger partial charge in [0, 0.05) is 38.4 Å². The second-order valence-corrected chi connectivity index (χ2v) is 6.92. The number of hydrogen-bond donors (Lipinski definition) is 0. The summed E-state index contributed by atoms with van der Waals surface area (Å²) < 4.78 is 16.0. The van der Waals surface area contributed by atoms with Crippen LogP contribution in [0.4, 0.5) is 0 Å². The third-order valence-corrected chi connectivity index (χ3v) is 4.75. The van der Waals surface area contributed by atoms with Crippen molar-refractivity contribution in [3.63, 3.8) is 0 Å². The summed E-state index contributed by atoms with van der Waals surface area (Å²) >= 11 is 6.08. The Morgan fingerprint density at radius 2 is 2.04 bits per heavy atom. The molecule has 5 nitrogen and oxygen atoms in total. The van der Waals surface area contributed by atoms with Gasteiger partial charge in [0.1, 0.15) is 5.75 Å². The first kappa shape index (κ1) is 19.0. The summed E-state index contributed by atoms with van der Waals surface area (Å²) in [7, 11) is 3.19. The Morgan fingerprint density at radius 1 is 1.33 bits per heavy atom. The molecule has 0 saturated carbocycles. The predicted molar refractivity (Wildman–Crippen MR) is 93.9 cm³/mol. The third-order valence-electron chi connectivity index (χ3n) is 4.52. The van der Waals surface area contributed by atoms with Crippen molar-refractivity contribution in [1.29, 1.82) is 0 Å². The number of benzene rings is 1. The zero-order valence-electron chi connectivity index (χ0n) is 14.6. The van der Waals surface area contributed by atoms with Crippen LogP contribution in [-0.4, -0.2) is 57.9 Å². The number of nitrogens with zero attached hydrogens (tertiary/aromatic N) is 1. The molecule has 1 amide bonds. The van der Waals surface area contributed by atoms with Gasteiger partial charge in [0.05, 0.1) is 19.3 Å². The molecule has 0 atom stereocenters. The van der Waals surface area contributed by atoms with Crippen LogP contribution in [0, 0.1) is 5.41 Å². The highest BCUT2D eigenvalue weighted by atomic mass is 35.5. The molecule has 0 aromatic heterocycles. The molecule has 0 bridgehead atoms. The van der Waals surface area contributed by atoms with Gasteiger partial charge in [-0.15, -0.1) is 0 Å². The lowest BCUT2D eigenvalue weighted by atomic mass is 9.82. The predicted octanol–water partition coefficient (Wildman–Crippen LogP) is 3.25. The number of rotatable bonds is 7. The van der Waals surface area contributed by atoms with Gasteiger partial charge in [0.25, 0.3) is 5.91 Å². The lowest BCUT2D eigenvalue weighted by Gasteiger charge is -2.38. The molecule has 1 aliphatic rings. The molecule has 1 aromatic rings. The number of carbonyl (C=O) groups excluding carboxylic acids is 1. The zero-order chi connectivity index (χ0) is 17.6. The minimum absolute atomic E-state index is 0.0491. The van der Waals surface area contributed by atoms with Gasteiger partial charge in [-0.2, -0.15) is 0 Å². The number of halogens is 1. The molecule has 2 rings (SSSR count). The van der Waals surface area contributed by atoms with E-state index in [9.17, 15) is 4.79 Å². The maximum atomic E-state index is 13.1. The molecular formula is C18H26ClNO4. The average Bonchev–Trinajstić information content (AvgIpc) is 2.58. The van der Waals surface area contributed by atoms with E-state index >= 15 is 0 Å². The lowest BCUT2D eigenvalue weighted by molar-refractivity contribution is 0.00267. The lowest BCUT2D eigenvalue weighted by Crippen LogP contribution is -2.44. The van der Waals surface area contributed by atoms with Crippen molar-refractivity contribution in [3.8, 4) is 5.75 Å². The van der Waals surface area contributed by atoms with Crippen LogP contribution in [-0.2, 0) is 9.47 Å². The number of ether oxygens (including phenoxy) is 3. The fourth-order valence-corrected chi connectivity index (χ4v) is 3.13. The SMILES string of the molecule is COCCN(CC1(C)CCOCC1)C(=O)c1cc(Cl)ccc1OC. The summed E-state index contributed by atoms with van der Waals surface area (Å²) in [6.07, 6.45) is 1.88. The van der Waals surface area contributed by atoms with Crippen molar-refractivity contribution in [3.05, 3.63) is 28.8 Å². The summed E-state index contributed by atoms with van der Waals surface area (Å²) in [5, 5.41) is 0.517. The van der Waals surface area contributed by atoms with E-state index in [2.05, 4.69) is 6.92 Å². The van der Waals surface area contributed by atoms with Gasteiger partial charge in [-0.25, -0.2) is 0 Å². The third kappa shape index (κ3) is 4.85. The fourth-order valence-electron chi connectivity index (χ4n) is 2.95. The molecule has 0 N–H and O–H groups in total. The topological polar surface area (TPSA) is 48.0 Å². The van der Waals surface area contributed by atoms with Crippen molar-refractivity contribution >= 4 is 17.5 Å². The van der Waals surface area contributed by atoms with Gasteiger partial charge in [0.2, 0.25) is 0 Å². The quantitative estimate of drug-likeness (QED) is 0.753. The molecule has 1 saturated heterocycles. The van der Waals surface area contributed by atoms with Gasteiger partial charge in [-0.1, -0.05) is 18.5 Å². The van der Waals surface area contributed by atoms with E-state index in [1.807, 2.05) is 4.90 Å². The summed E-state index contributed by atoms with van der Waals surface area (Å²) in [4.78, 5) is 14.9. The van der Waals surface area contributed by atoms with Gasteiger partial charge < -0.3 is 19.1 Å². The molecule has 0 unspecified atom stereocenters. The summed E-state index contributed by atoms with van der Waals surface area (Å²) in [5.74, 6) is 0.447. The van der Waals surface area contributed by atoms with Crippen molar-refractivity contribution in [2.45, 2.75) is 19.8 Å². The number of hydrogen-bond acceptors (Lipinski definition) is 4. The Hall–Kier alpha value is -1.30. The molecule has 0 spiro atoms. The van der Waals surface area contributed by atoms with Crippen LogP contribution < -0.4 is 4.74 Å². The van der Waals surface area contributed by atoms with Crippen LogP contribution in [0.3, 0.4) is 0 Å². The molecule has 6 heteroatoms. The van der Waals surface area contributed by atoms with Crippen molar-refractivity contribution in [1.82, 2.24) is 4.90 Å². The molecule has 24 heavy (non-hydrogen) atoms. The van der Waals surface area contributed by atoms with E-state index in [1.165, 1.54) is 0 Å². The molecule has 0 aliphatic carbocycles. The van der Waals surface area contributed by atoms with Gasteiger partial charge in [-0.3, -0.25) is 4.79 Å². The van der Waals surface area contributed by atoms with Crippen LogP contribution in [0.25, 0.3) is 0 Å². The monoisotopic (exact) mass is 355 g/mol. The van der Waals surface area contributed by atoms with Crippen molar-refractivity contribution in [2.24, 2.45) is 5.41 Å². The average molecular weight is 356 g/mol. The Balaban J connectivity index is 2.23. The highest BCUT2D eigenvalue weighted by Gasteiger charge is 2.32. The summed E-state index contributed by atoms with van der Waals surface area (Å²) in [6.45, 7) is 5.36. The minimum Gasteiger partial charge on any atom is -0.496 e. The zero-order valence-corrected chi connectivity index (χ0v) is 15.4. The molecule has 1 heterocycles. The fraction of sp³-hybridized carbons (Fsp3) is 0.611. The van der Waals surface area contributed by atoms with Gasteiger partial charge >= 0.3 is 0 Å². The van der Waals surface area contributed by atoms with Crippen LogP contribution >= 0.6 is 11.6 Å². The van der Waals surface area contributed by atoms with E-state index in [-0.39, 0.29) is 11.3 Å². The molecule has 1 aliphatic heterocycles. The van der Waals surface area contributed by atoms with E-state index in [0.29, 0.717) is 36.0 Å². The van der Waals surface area contributed by atoms with Crippen LogP contribution in [0.15, 0.2) is 18.2 Å². The van der Waals surface area contributed by atoms with Gasteiger partial charge in [0.15, 0.2) is 0 Å². The smallest absolute Gasteiger partial charge is 0.257 e. The van der Waals surface area contributed by atoms with E-state index in [1.54, 1.807) is 32.4 Å². The largest absolute Gasteiger partial charge is 0.496 e. The normalized spacial score (nSPS) is 16.7. The Morgan fingerprint density at radius 3 is 2.67 bits per heavy atom. The summed E-state index contributed by atoms with van der Waals surface area (Å²) in [6, 6.07) is 5.10. The van der Waals surface area contributed by atoms with Gasteiger partial charge in [-0.05, 0) is 36.5 Å². The standard InChI is InChI=1S/C18H26ClNO4/c1-18(6-9-24-10-7-18)13-20(8-11-22-2)17(21)15-12-14(19)4-5-16(15)23-3/h4-5,12H,6-11,13H2,1-3H3. The number of amides is 1. The maximum Gasteiger partial charge on any atom is 0.257 e. The number of carbonyl (C=O) groups is 1. The Kier molecular flexibility index (Phi) is 6.90. The molecular weight excluding hydrogens is 330 g/mol. The minimum atomic E-state index is -0.0842. The second kappa shape index (κ2) is 8.70.